The van der Waals surface area contributed by atoms with Gasteiger partial charge in [0.1, 0.15) is 11.2 Å². The van der Waals surface area contributed by atoms with Crippen LogP contribution in [0.25, 0.3) is 10.2 Å². The van der Waals surface area contributed by atoms with Gasteiger partial charge in [-0.15, -0.1) is 11.3 Å². The highest BCUT2D eigenvalue weighted by Crippen LogP contribution is 2.32. The Kier molecular flexibility index (Phi) is 5.24. The van der Waals surface area contributed by atoms with E-state index >= 15 is 0 Å². The average Bonchev–Trinajstić information content (AvgIpc) is 3.53. The van der Waals surface area contributed by atoms with Crippen LogP contribution in [0.3, 0.4) is 0 Å². The maximum absolute atomic E-state index is 13.2. The highest BCUT2D eigenvalue weighted by atomic mass is 32.1. The van der Waals surface area contributed by atoms with E-state index in [0.29, 0.717) is 34.9 Å². The number of nitrogens with one attached hydrogen (secondary N) is 1. The van der Waals surface area contributed by atoms with Crippen molar-refractivity contribution >= 4 is 27.5 Å². The van der Waals surface area contributed by atoms with Crippen molar-refractivity contribution in [1.29, 1.82) is 0 Å². The third-order valence-corrected chi connectivity index (χ3v) is 6.36. The predicted molar refractivity (Wildman–Crippen MR) is 114 cm³/mol. The molecule has 2 aliphatic rings. The van der Waals surface area contributed by atoms with E-state index in [4.69, 9.17) is 14.2 Å². The summed E-state index contributed by atoms with van der Waals surface area (Å²) in [6.07, 6.45) is 1.91. The van der Waals surface area contributed by atoms with Crippen molar-refractivity contribution < 1.29 is 19.0 Å². The monoisotopic (exact) mass is 443 g/mol. The number of aromatic nitrogens is 2. The molecule has 10 heteroatoms. The van der Waals surface area contributed by atoms with Crippen LogP contribution in [0.4, 0.5) is 0 Å². The Hall–Kier alpha value is -3.11. The molecule has 0 radical (unpaired) electrons. The average molecular weight is 443 g/mol. The lowest BCUT2D eigenvalue weighted by Gasteiger charge is -2.14. The third-order valence-electron chi connectivity index (χ3n) is 5.47. The first kappa shape index (κ1) is 19.8. The minimum atomic E-state index is -0.527. The van der Waals surface area contributed by atoms with Crippen LogP contribution in [-0.4, -0.2) is 41.1 Å². The zero-order chi connectivity index (χ0) is 21.4. The van der Waals surface area contributed by atoms with Crippen LogP contribution in [0, 0.1) is 0 Å². The summed E-state index contributed by atoms with van der Waals surface area (Å²) in [5, 5.41) is 4.58. The fourth-order valence-electron chi connectivity index (χ4n) is 3.88. The quantitative estimate of drug-likeness (QED) is 0.616. The summed E-state index contributed by atoms with van der Waals surface area (Å²) in [4.78, 5) is 38.7. The number of benzene rings is 1. The van der Waals surface area contributed by atoms with Crippen molar-refractivity contribution in [2.24, 2.45) is 0 Å². The Morgan fingerprint density at radius 3 is 2.87 bits per heavy atom. The van der Waals surface area contributed by atoms with Crippen molar-refractivity contribution in [3.8, 4) is 11.5 Å². The van der Waals surface area contributed by atoms with Gasteiger partial charge in [0, 0.05) is 13.2 Å². The van der Waals surface area contributed by atoms with E-state index in [0.717, 1.165) is 23.0 Å². The van der Waals surface area contributed by atoms with Gasteiger partial charge in [0.2, 0.25) is 12.7 Å². The van der Waals surface area contributed by atoms with Gasteiger partial charge >= 0.3 is 5.69 Å². The Labute approximate surface area is 180 Å². The molecule has 4 heterocycles. The number of carbonyl (C=O) groups is 1. The van der Waals surface area contributed by atoms with Crippen LogP contribution in [0.15, 0.2) is 39.2 Å². The van der Waals surface area contributed by atoms with Crippen LogP contribution in [0.5, 0.6) is 11.5 Å². The number of amides is 1. The number of nitrogens with zero attached hydrogens (tertiary/aromatic N) is 2. The third kappa shape index (κ3) is 3.84. The second-order valence-electron chi connectivity index (χ2n) is 7.52. The molecular formula is C21H21N3O6S. The number of fused-ring (bicyclic) bond motifs is 2. The van der Waals surface area contributed by atoms with Gasteiger partial charge in [0.05, 0.1) is 18.2 Å². The van der Waals surface area contributed by atoms with Gasteiger partial charge in [-0.3, -0.25) is 18.7 Å². The first-order valence-corrected chi connectivity index (χ1v) is 11.0. The second kappa shape index (κ2) is 8.20. The zero-order valence-corrected chi connectivity index (χ0v) is 17.5. The van der Waals surface area contributed by atoms with E-state index < -0.39 is 5.69 Å². The molecule has 1 N–H and O–H groups in total. The summed E-state index contributed by atoms with van der Waals surface area (Å²) in [6, 6.07) is 6.99. The van der Waals surface area contributed by atoms with Gasteiger partial charge in [-0.05, 0) is 42.0 Å². The number of ether oxygens (including phenoxy) is 3. The highest BCUT2D eigenvalue weighted by molar-refractivity contribution is 7.17. The topological polar surface area (TPSA) is 101 Å². The Morgan fingerprint density at radius 2 is 2.03 bits per heavy atom. The lowest BCUT2D eigenvalue weighted by Crippen LogP contribution is -2.43. The van der Waals surface area contributed by atoms with Gasteiger partial charge in [0.15, 0.2) is 11.5 Å². The largest absolute Gasteiger partial charge is 0.454 e. The van der Waals surface area contributed by atoms with Gasteiger partial charge < -0.3 is 19.5 Å². The van der Waals surface area contributed by atoms with Crippen molar-refractivity contribution in [2.45, 2.75) is 32.0 Å². The molecule has 0 saturated carbocycles. The molecule has 1 aromatic carbocycles. The van der Waals surface area contributed by atoms with Crippen molar-refractivity contribution in [1.82, 2.24) is 14.5 Å². The summed E-state index contributed by atoms with van der Waals surface area (Å²) in [5.41, 5.74) is 0.299. The minimum absolute atomic E-state index is 0.0156. The standard InChI is InChI=1S/C21H21N3O6S/c25-18(22-9-14-2-1-6-28-14)11-23-15-5-7-31-19(15)20(26)24(21(23)27)10-13-3-4-16-17(8-13)30-12-29-16/h3-5,7-8,14H,1-2,6,9-12H2,(H,22,25)/t14-/m1/s1. The van der Waals surface area contributed by atoms with Gasteiger partial charge in [-0.25, -0.2) is 4.79 Å². The molecule has 1 saturated heterocycles. The van der Waals surface area contributed by atoms with E-state index in [2.05, 4.69) is 5.32 Å². The number of hydrogen-bond donors (Lipinski definition) is 1. The van der Waals surface area contributed by atoms with Crippen LogP contribution < -0.4 is 26.0 Å². The van der Waals surface area contributed by atoms with Gasteiger partial charge in [-0.1, -0.05) is 6.07 Å². The summed E-state index contributed by atoms with van der Waals surface area (Å²) in [6.45, 7) is 1.17. The van der Waals surface area contributed by atoms with E-state index in [1.165, 1.54) is 15.9 Å². The Morgan fingerprint density at radius 1 is 1.16 bits per heavy atom. The number of hydrogen-bond acceptors (Lipinski definition) is 7. The molecule has 1 fully saturated rings. The van der Waals surface area contributed by atoms with Crippen molar-refractivity contribution in [3.05, 3.63) is 56.0 Å². The van der Waals surface area contributed by atoms with Crippen LogP contribution in [0.2, 0.25) is 0 Å². The SMILES string of the molecule is O=C(Cn1c(=O)n(Cc2ccc3c(c2)OCO3)c(=O)c2sccc21)NC[C@H]1CCCO1. The number of thiophene rings is 1. The van der Waals surface area contributed by atoms with E-state index in [1.807, 2.05) is 0 Å². The normalized spacial score (nSPS) is 17.4. The molecule has 1 amide bonds. The smallest absolute Gasteiger partial charge is 0.332 e. The lowest BCUT2D eigenvalue weighted by molar-refractivity contribution is -0.122. The van der Waals surface area contributed by atoms with Gasteiger partial charge in [0.25, 0.3) is 5.56 Å². The second-order valence-corrected chi connectivity index (χ2v) is 8.44. The maximum atomic E-state index is 13.2. The molecule has 2 aliphatic heterocycles. The lowest BCUT2D eigenvalue weighted by atomic mass is 10.2. The molecule has 0 unspecified atom stereocenters. The molecule has 9 nitrogen and oxygen atoms in total. The van der Waals surface area contributed by atoms with Gasteiger partial charge in [-0.2, -0.15) is 0 Å². The molecule has 1 atom stereocenters. The molecule has 31 heavy (non-hydrogen) atoms. The Bertz CT molecular complexity index is 1250. The first-order chi connectivity index (χ1) is 15.1. The molecule has 0 bridgehead atoms. The number of rotatable bonds is 6. The molecule has 0 spiro atoms. The molecular weight excluding hydrogens is 422 g/mol. The summed E-state index contributed by atoms with van der Waals surface area (Å²) in [7, 11) is 0. The van der Waals surface area contributed by atoms with Crippen LogP contribution in [0.1, 0.15) is 18.4 Å². The zero-order valence-electron chi connectivity index (χ0n) is 16.7. The van der Waals surface area contributed by atoms with Crippen molar-refractivity contribution in [3.63, 3.8) is 0 Å². The molecule has 3 aromatic rings. The summed E-state index contributed by atoms with van der Waals surface area (Å²) < 4.78 is 19.2. The van der Waals surface area contributed by atoms with Crippen LogP contribution >= 0.6 is 11.3 Å². The molecule has 0 aliphatic carbocycles. The molecule has 2 aromatic heterocycles. The summed E-state index contributed by atoms with van der Waals surface area (Å²) in [5.74, 6) is 0.917. The minimum Gasteiger partial charge on any atom is -0.454 e. The molecule has 5 rings (SSSR count). The predicted octanol–water partition coefficient (Wildman–Crippen LogP) is 1.30. The maximum Gasteiger partial charge on any atom is 0.332 e. The molecule has 162 valence electrons. The number of carbonyl (C=O) groups excluding carboxylic acids is 1. The van der Waals surface area contributed by atoms with E-state index in [1.54, 1.807) is 29.6 Å². The van der Waals surface area contributed by atoms with Crippen molar-refractivity contribution in [2.75, 3.05) is 19.9 Å². The first-order valence-electron chi connectivity index (χ1n) is 10.1. The fourth-order valence-corrected chi connectivity index (χ4v) is 4.72. The highest BCUT2D eigenvalue weighted by Gasteiger charge is 2.20. The van der Waals surface area contributed by atoms with E-state index in [9.17, 15) is 14.4 Å². The van der Waals surface area contributed by atoms with Crippen LogP contribution in [-0.2, 0) is 22.6 Å². The Balaban J connectivity index is 1.44. The summed E-state index contributed by atoms with van der Waals surface area (Å²) >= 11 is 1.25. The van der Waals surface area contributed by atoms with E-state index in [-0.39, 0.29) is 37.5 Å². The fraction of sp³-hybridized carbons (Fsp3) is 0.381.